The van der Waals surface area contributed by atoms with E-state index in [-0.39, 0.29) is 0 Å². The Labute approximate surface area is 138 Å². The van der Waals surface area contributed by atoms with Crippen molar-refractivity contribution in [1.29, 1.82) is 0 Å². The van der Waals surface area contributed by atoms with Crippen LogP contribution < -0.4 is 0 Å². The summed E-state index contributed by atoms with van der Waals surface area (Å²) >= 11 is 12.4. The molecule has 2 nitrogen and oxygen atoms in total. The van der Waals surface area contributed by atoms with Crippen LogP contribution in [-0.4, -0.2) is 9.97 Å². The van der Waals surface area contributed by atoms with Gasteiger partial charge in [-0.15, -0.1) is 0 Å². The number of rotatable bonds is 1. The van der Waals surface area contributed by atoms with E-state index in [4.69, 9.17) is 28.2 Å². The molecule has 0 saturated carbocycles. The van der Waals surface area contributed by atoms with Gasteiger partial charge in [0.2, 0.25) is 0 Å². The number of nitrogens with zero attached hydrogens (tertiary/aromatic N) is 2. The summed E-state index contributed by atoms with van der Waals surface area (Å²) in [6, 6.07) is 15.8. The minimum absolute atomic E-state index is 0.546. The first-order chi connectivity index (χ1) is 10.7. The zero-order valence-electron chi connectivity index (χ0n) is 11.7. The number of fused-ring (bicyclic) bond motifs is 3. The molecule has 0 radical (unpaired) electrons. The maximum absolute atomic E-state index is 6.42. The average molecular weight is 327 g/mol. The Bertz CT molecular complexity index is 857. The van der Waals surface area contributed by atoms with Gasteiger partial charge in [-0.3, -0.25) is 0 Å². The van der Waals surface area contributed by atoms with Crippen molar-refractivity contribution in [3.63, 3.8) is 0 Å². The molecule has 4 rings (SSSR count). The summed E-state index contributed by atoms with van der Waals surface area (Å²) in [5.41, 5.74) is 5.37. The van der Waals surface area contributed by atoms with E-state index >= 15 is 0 Å². The number of benzene rings is 2. The Hall–Kier alpha value is -1.90. The van der Waals surface area contributed by atoms with Crippen molar-refractivity contribution in [2.75, 3.05) is 0 Å². The number of aryl methyl sites for hydroxylation is 1. The van der Waals surface area contributed by atoms with Crippen molar-refractivity contribution in [2.45, 2.75) is 12.8 Å². The monoisotopic (exact) mass is 326 g/mol. The molecule has 0 aliphatic heterocycles. The van der Waals surface area contributed by atoms with Gasteiger partial charge in [0.1, 0.15) is 5.15 Å². The van der Waals surface area contributed by atoms with Gasteiger partial charge >= 0.3 is 0 Å². The van der Waals surface area contributed by atoms with Gasteiger partial charge in [-0.2, -0.15) is 0 Å². The van der Waals surface area contributed by atoms with Crippen molar-refractivity contribution >= 4 is 23.2 Å². The molecule has 1 aliphatic rings. The zero-order chi connectivity index (χ0) is 15.1. The summed E-state index contributed by atoms with van der Waals surface area (Å²) in [7, 11) is 0. The second-order valence-corrected chi connectivity index (χ2v) is 6.12. The maximum atomic E-state index is 6.42. The summed E-state index contributed by atoms with van der Waals surface area (Å²) in [5.74, 6) is 0.636. The van der Waals surface area contributed by atoms with E-state index in [1.54, 1.807) is 0 Å². The predicted octanol–water partition coefficient (Wildman–Crippen LogP) is 5.22. The molecule has 0 N–H and O–H groups in total. The van der Waals surface area contributed by atoms with Gasteiger partial charge in [0, 0.05) is 21.7 Å². The Kier molecular flexibility index (Phi) is 3.36. The third-order valence-electron chi connectivity index (χ3n) is 3.98. The SMILES string of the molecule is Clc1ccc(-c2nc(Cl)c3c(n2)-c2ccccc2CC3)cc1. The largest absolute Gasteiger partial charge is 0.228 e. The molecule has 0 unspecified atom stereocenters. The van der Waals surface area contributed by atoms with Crippen LogP contribution in [0.5, 0.6) is 0 Å². The van der Waals surface area contributed by atoms with Gasteiger partial charge in [0.25, 0.3) is 0 Å². The second kappa shape index (κ2) is 5.38. The van der Waals surface area contributed by atoms with Crippen LogP contribution in [0.4, 0.5) is 0 Å². The Morgan fingerprint density at radius 3 is 2.41 bits per heavy atom. The molecule has 1 aliphatic carbocycles. The van der Waals surface area contributed by atoms with Crippen LogP contribution in [0.2, 0.25) is 10.2 Å². The van der Waals surface area contributed by atoms with E-state index in [2.05, 4.69) is 23.2 Å². The Morgan fingerprint density at radius 1 is 0.818 bits per heavy atom. The Balaban J connectivity index is 1.92. The van der Waals surface area contributed by atoms with Gasteiger partial charge in [-0.1, -0.05) is 47.5 Å². The molecule has 0 bridgehead atoms. The lowest BCUT2D eigenvalue weighted by molar-refractivity contribution is 0.913. The molecule has 0 atom stereocenters. The standard InChI is InChI=1S/C18H12Cl2N2/c19-13-8-5-12(6-9-13)18-21-16-14-4-2-1-3-11(14)7-10-15(16)17(20)22-18/h1-6,8-9H,7,10H2. The van der Waals surface area contributed by atoms with E-state index in [0.717, 1.165) is 35.2 Å². The van der Waals surface area contributed by atoms with Crippen LogP contribution in [0.1, 0.15) is 11.1 Å². The lowest BCUT2D eigenvalue weighted by Crippen LogP contribution is -2.08. The van der Waals surface area contributed by atoms with Gasteiger partial charge in [-0.05, 0) is 42.7 Å². The first-order valence-corrected chi connectivity index (χ1v) is 7.88. The topological polar surface area (TPSA) is 25.8 Å². The van der Waals surface area contributed by atoms with Crippen molar-refractivity contribution in [1.82, 2.24) is 9.97 Å². The fourth-order valence-corrected chi connectivity index (χ4v) is 3.25. The molecule has 1 heterocycles. The molecule has 0 saturated heterocycles. The summed E-state index contributed by atoms with van der Waals surface area (Å²) in [6.45, 7) is 0. The van der Waals surface area contributed by atoms with Gasteiger partial charge < -0.3 is 0 Å². The van der Waals surface area contributed by atoms with Crippen LogP contribution in [0, 0.1) is 0 Å². The molecule has 108 valence electrons. The first-order valence-electron chi connectivity index (χ1n) is 7.13. The third-order valence-corrected chi connectivity index (χ3v) is 4.54. The van der Waals surface area contributed by atoms with Crippen molar-refractivity contribution in [2.24, 2.45) is 0 Å². The molecule has 0 spiro atoms. The lowest BCUT2D eigenvalue weighted by Gasteiger charge is -2.20. The average Bonchev–Trinajstić information content (AvgIpc) is 2.55. The highest BCUT2D eigenvalue weighted by atomic mass is 35.5. The van der Waals surface area contributed by atoms with Gasteiger partial charge in [-0.25, -0.2) is 9.97 Å². The quantitative estimate of drug-likeness (QED) is 0.573. The van der Waals surface area contributed by atoms with E-state index in [9.17, 15) is 0 Å². The van der Waals surface area contributed by atoms with Crippen LogP contribution in [0.15, 0.2) is 48.5 Å². The number of hydrogen-bond acceptors (Lipinski definition) is 2. The van der Waals surface area contributed by atoms with Crippen LogP contribution in [-0.2, 0) is 12.8 Å². The van der Waals surface area contributed by atoms with Crippen molar-refractivity contribution in [3.8, 4) is 22.6 Å². The summed E-state index contributed by atoms with van der Waals surface area (Å²) in [5, 5.41) is 1.24. The Morgan fingerprint density at radius 2 is 1.59 bits per heavy atom. The van der Waals surface area contributed by atoms with Crippen LogP contribution in [0.25, 0.3) is 22.6 Å². The lowest BCUT2D eigenvalue weighted by atomic mass is 9.90. The smallest absolute Gasteiger partial charge is 0.161 e. The van der Waals surface area contributed by atoms with E-state index < -0.39 is 0 Å². The van der Waals surface area contributed by atoms with Gasteiger partial charge in [0.05, 0.1) is 5.69 Å². The maximum Gasteiger partial charge on any atom is 0.161 e. The number of aromatic nitrogens is 2. The summed E-state index contributed by atoms with van der Waals surface area (Å²) in [4.78, 5) is 9.25. The van der Waals surface area contributed by atoms with E-state index in [1.807, 2.05) is 30.3 Å². The third kappa shape index (κ3) is 2.29. The molecule has 0 amide bonds. The molecule has 0 fully saturated rings. The summed E-state index contributed by atoms with van der Waals surface area (Å²) in [6.07, 6.45) is 1.86. The highest BCUT2D eigenvalue weighted by Gasteiger charge is 2.21. The second-order valence-electron chi connectivity index (χ2n) is 5.33. The van der Waals surface area contributed by atoms with E-state index in [0.29, 0.717) is 16.0 Å². The summed E-state index contributed by atoms with van der Waals surface area (Å²) < 4.78 is 0. The fraction of sp³-hybridized carbons (Fsp3) is 0.111. The molecule has 3 aromatic rings. The zero-order valence-corrected chi connectivity index (χ0v) is 13.2. The normalized spacial score (nSPS) is 12.6. The minimum atomic E-state index is 0.546. The van der Waals surface area contributed by atoms with Crippen molar-refractivity contribution < 1.29 is 0 Å². The number of halogens is 2. The molecule has 22 heavy (non-hydrogen) atoms. The van der Waals surface area contributed by atoms with Gasteiger partial charge in [0.15, 0.2) is 5.82 Å². The highest BCUT2D eigenvalue weighted by molar-refractivity contribution is 6.31. The van der Waals surface area contributed by atoms with Crippen LogP contribution in [0.3, 0.4) is 0 Å². The molecular weight excluding hydrogens is 315 g/mol. The molecule has 2 aromatic carbocycles. The van der Waals surface area contributed by atoms with Crippen LogP contribution >= 0.6 is 23.2 Å². The molecule has 4 heteroatoms. The fourth-order valence-electron chi connectivity index (χ4n) is 2.86. The predicted molar refractivity (Wildman–Crippen MR) is 90.3 cm³/mol. The molecular formula is C18H12Cl2N2. The van der Waals surface area contributed by atoms with Crippen molar-refractivity contribution in [3.05, 3.63) is 69.8 Å². The molecule has 1 aromatic heterocycles. The van der Waals surface area contributed by atoms with E-state index in [1.165, 1.54) is 5.56 Å². The first kappa shape index (κ1) is 13.7. The minimum Gasteiger partial charge on any atom is -0.228 e. The number of hydrogen-bond donors (Lipinski definition) is 0. The highest BCUT2D eigenvalue weighted by Crippen LogP contribution is 2.36.